The van der Waals surface area contributed by atoms with Gasteiger partial charge < -0.3 is 29.2 Å². The molecule has 1 spiro atoms. The molecule has 1 aromatic carbocycles. The van der Waals surface area contributed by atoms with Crippen molar-refractivity contribution in [3.8, 4) is 0 Å². The number of aliphatic hydroxyl groups excluding tert-OH is 2. The Hall–Kier alpha value is -1.02. The van der Waals surface area contributed by atoms with Crippen LogP contribution in [0, 0.1) is 46.3 Å². The molecule has 6 nitrogen and oxygen atoms in total. The highest BCUT2D eigenvalue weighted by molar-refractivity contribution is 5.20. The van der Waals surface area contributed by atoms with E-state index in [2.05, 4.69) is 20.8 Å². The van der Waals surface area contributed by atoms with Gasteiger partial charge in [-0.15, -0.1) is 0 Å². The minimum absolute atomic E-state index is 0.0170. The van der Waals surface area contributed by atoms with E-state index < -0.39 is 23.8 Å². The third-order valence-corrected chi connectivity index (χ3v) is 13.0. The first-order valence-electron chi connectivity index (χ1n) is 16.0. The standard InChI is InChI=1S/C34H50O6/c1-20(29(35)30(36)21-9-7-6-8-10-21)23-11-12-24-22-18-34(37-15-16-38-34)28-17-26-27(40-31(2,3)39-26)19-33(28,5)25(22)13-14-32(23,24)4/h6-10,20,22-30,35-36H,11-19H2,1-5H3/t20-,22-,23+,24-,25-,26-,27+,28-,29?,30?,32+,33+/m0/s1. The molecule has 7 rings (SSSR count). The summed E-state index contributed by atoms with van der Waals surface area (Å²) in [7, 11) is 0. The van der Waals surface area contributed by atoms with E-state index in [-0.39, 0.29) is 29.0 Å². The third kappa shape index (κ3) is 4.03. The molecule has 6 aliphatic rings. The van der Waals surface area contributed by atoms with E-state index in [1.807, 2.05) is 44.2 Å². The highest BCUT2D eigenvalue weighted by Gasteiger charge is 2.70. The lowest BCUT2D eigenvalue weighted by atomic mass is 9.42. The zero-order valence-electron chi connectivity index (χ0n) is 25.1. The SMILES string of the molecule is C[C@H](C(O)C(O)c1ccccc1)[C@H]1CC[C@H]2[C@@H]3CC4(OCCO4)[C@H]4C[C@@H]5OC(C)(C)O[C@@H]5C[C@]4(C)[C@H]3CC[C@]12C. The van der Waals surface area contributed by atoms with Crippen LogP contribution in [0.25, 0.3) is 0 Å². The number of benzene rings is 1. The number of hydrogen-bond donors (Lipinski definition) is 2. The fraction of sp³-hybridized carbons (Fsp3) is 0.824. The number of fused-ring (bicyclic) bond motifs is 7. The van der Waals surface area contributed by atoms with E-state index >= 15 is 0 Å². The smallest absolute Gasteiger partial charge is 0.172 e. The number of hydrogen-bond acceptors (Lipinski definition) is 6. The minimum Gasteiger partial charge on any atom is -0.390 e. The summed E-state index contributed by atoms with van der Waals surface area (Å²) >= 11 is 0. The molecule has 4 aliphatic carbocycles. The van der Waals surface area contributed by atoms with Crippen molar-refractivity contribution in [2.24, 2.45) is 46.3 Å². The molecule has 0 radical (unpaired) electrons. The van der Waals surface area contributed by atoms with Crippen LogP contribution in [0.5, 0.6) is 0 Å². The Morgan fingerprint density at radius 2 is 1.50 bits per heavy atom. The van der Waals surface area contributed by atoms with Crippen molar-refractivity contribution in [1.29, 1.82) is 0 Å². The summed E-state index contributed by atoms with van der Waals surface area (Å²) in [6.07, 6.45) is 6.18. The van der Waals surface area contributed by atoms with Crippen LogP contribution in [0.3, 0.4) is 0 Å². The average molecular weight is 555 g/mol. The van der Waals surface area contributed by atoms with Crippen LogP contribution < -0.4 is 0 Å². The molecular weight excluding hydrogens is 504 g/mol. The molecule has 2 N–H and O–H groups in total. The van der Waals surface area contributed by atoms with Gasteiger partial charge in [-0.05, 0) is 98.4 Å². The maximum Gasteiger partial charge on any atom is 0.172 e. The molecule has 0 amide bonds. The molecule has 12 atom stereocenters. The molecular formula is C34H50O6. The Balaban J connectivity index is 1.17. The van der Waals surface area contributed by atoms with Gasteiger partial charge in [-0.2, -0.15) is 0 Å². The van der Waals surface area contributed by atoms with Crippen molar-refractivity contribution in [3.63, 3.8) is 0 Å². The lowest BCUT2D eigenvalue weighted by Gasteiger charge is -2.65. The maximum absolute atomic E-state index is 11.4. The van der Waals surface area contributed by atoms with Crippen LogP contribution in [0.1, 0.15) is 91.2 Å². The van der Waals surface area contributed by atoms with Crippen LogP contribution in [-0.4, -0.2) is 53.3 Å². The zero-order chi connectivity index (χ0) is 28.1. The monoisotopic (exact) mass is 554 g/mol. The number of ether oxygens (including phenoxy) is 4. The summed E-state index contributed by atoms with van der Waals surface area (Å²) < 4.78 is 26.2. The Morgan fingerprint density at radius 1 is 0.825 bits per heavy atom. The second-order valence-corrected chi connectivity index (χ2v) is 15.2. The van der Waals surface area contributed by atoms with E-state index in [0.717, 1.165) is 31.2 Å². The topological polar surface area (TPSA) is 77.4 Å². The van der Waals surface area contributed by atoms with Crippen molar-refractivity contribution >= 4 is 0 Å². The fourth-order valence-corrected chi connectivity index (χ4v) is 11.4. The molecule has 222 valence electrons. The molecule has 0 aromatic heterocycles. The minimum atomic E-state index is -0.860. The van der Waals surface area contributed by atoms with E-state index in [4.69, 9.17) is 18.9 Å². The van der Waals surface area contributed by atoms with Gasteiger partial charge in [0.05, 0.1) is 31.5 Å². The number of rotatable bonds is 4. The fourth-order valence-electron chi connectivity index (χ4n) is 11.4. The van der Waals surface area contributed by atoms with Crippen LogP contribution in [-0.2, 0) is 18.9 Å². The van der Waals surface area contributed by atoms with Gasteiger partial charge >= 0.3 is 0 Å². The largest absolute Gasteiger partial charge is 0.390 e. The number of aliphatic hydroxyl groups is 2. The lowest BCUT2D eigenvalue weighted by molar-refractivity contribution is -0.301. The zero-order valence-corrected chi connectivity index (χ0v) is 25.1. The van der Waals surface area contributed by atoms with Gasteiger partial charge in [-0.25, -0.2) is 0 Å². The average Bonchev–Trinajstić information content (AvgIpc) is 3.61. The van der Waals surface area contributed by atoms with E-state index in [1.165, 1.54) is 19.3 Å². The van der Waals surface area contributed by atoms with Crippen LogP contribution in [0.15, 0.2) is 30.3 Å². The molecule has 2 aliphatic heterocycles. The summed E-state index contributed by atoms with van der Waals surface area (Å²) in [6, 6.07) is 9.65. The highest BCUT2D eigenvalue weighted by Crippen LogP contribution is 2.71. The Bertz CT molecular complexity index is 1090. The van der Waals surface area contributed by atoms with Crippen molar-refractivity contribution in [1.82, 2.24) is 0 Å². The van der Waals surface area contributed by atoms with Crippen molar-refractivity contribution < 1.29 is 29.2 Å². The summed E-state index contributed by atoms with van der Waals surface area (Å²) in [5, 5.41) is 22.5. The second kappa shape index (κ2) is 9.49. The summed E-state index contributed by atoms with van der Waals surface area (Å²) in [6.45, 7) is 12.6. The molecule has 1 aromatic rings. The summed E-state index contributed by atoms with van der Waals surface area (Å²) in [4.78, 5) is 0. The predicted molar refractivity (Wildman–Crippen MR) is 151 cm³/mol. The first kappa shape index (κ1) is 27.8. The molecule has 2 heterocycles. The Labute approximate surface area is 240 Å². The molecule has 2 unspecified atom stereocenters. The molecule has 0 bridgehead atoms. The molecule has 6 fully saturated rings. The highest BCUT2D eigenvalue weighted by atomic mass is 16.8. The molecule has 4 saturated carbocycles. The summed E-state index contributed by atoms with van der Waals surface area (Å²) in [5.41, 5.74) is 1.00. The van der Waals surface area contributed by atoms with E-state index in [0.29, 0.717) is 42.8 Å². The van der Waals surface area contributed by atoms with E-state index in [1.54, 1.807) is 0 Å². The summed E-state index contributed by atoms with van der Waals surface area (Å²) in [5.74, 6) is 1.35. The normalized spacial score (nSPS) is 47.1. The molecule has 2 saturated heterocycles. The van der Waals surface area contributed by atoms with Gasteiger partial charge in [0.2, 0.25) is 0 Å². The van der Waals surface area contributed by atoms with Crippen molar-refractivity contribution in [2.75, 3.05) is 13.2 Å². The van der Waals surface area contributed by atoms with Crippen molar-refractivity contribution in [3.05, 3.63) is 35.9 Å². The van der Waals surface area contributed by atoms with Gasteiger partial charge in [0.25, 0.3) is 0 Å². The van der Waals surface area contributed by atoms with Crippen molar-refractivity contribution in [2.45, 2.75) is 116 Å². The van der Waals surface area contributed by atoms with Gasteiger partial charge in [0.1, 0.15) is 6.10 Å². The lowest BCUT2D eigenvalue weighted by Crippen LogP contribution is -2.65. The molecule has 6 heteroatoms. The quantitative estimate of drug-likeness (QED) is 0.486. The van der Waals surface area contributed by atoms with Gasteiger partial charge in [0, 0.05) is 12.3 Å². The van der Waals surface area contributed by atoms with Crippen LogP contribution >= 0.6 is 0 Å². The third-order valence-electron chi connectivity index (χ3n) is 13.0. The molecule has 40 heavy (non-hydrogen) atoms. The first-order valence-corrected chi connectivity index (χ1v) is 16.0. The Kier molecular flexibility index (Phi) is 6.59. The Morgan fingerprint density at radius 3 is 2.23 bits per heavy atom. The first-order chi connectivity index (χ1) is 19.0. The second-order valence-electron chi connectivity index (χ2n) is 15.2. The van der Waals surface area contributed by atoms with E-state index in [9.17, 15) is 10.2 Å². The van der Waals surface area contributed by atoms with Crippen LogP contribution in [0.2, 0.25) is 0 Å². The maximum atomic E-state index is 11.4. The van der Waals surface area contributed by atoms with Gasteiger partial charge in [0.15, 0.2) is 11.6 Å². The van der Waals surface area contributed by atoms with Crippen LogP contribution in [0.4, 0.5) is 0 Å². The van der Waals surface area contributed by atoms with Gasteiger partial charge in [-0.1, -0.05) is 51.1 Å². The van der Waals surface area contributed by atoms with Gasteiger partial charge in [-0.3, -0.25) is 0 Å². The predicted octanol–water partition coefficient (Wildman–Crippen LogP) is 5.86.